The maximum atomic E-state index is 6.07. The summed E-state index contributed by atoms with van der Waals surface area (Å²) in [4.78, 5) is 0. The molecule has 0 spiro atoms. The van der Waals surface area contributed by atoms with Crippen molar-refractivity contribution in [1.29, 1.82) is 0 Å². The van der Waals surface area contributed by atoms with Gasteiger partial charge in [-0.05, 0) is 48.2 Å². The Morgan fingerprint density at radius 1 is 1.42 bits per heavy atom. The van der Waals surface area contributed by atoms with Crippen molar-refractivity contribution in [1.82, 2.24) is 20.2 Å². The normalized spacial score (nSPS) is 14.6. The predicted octanol–water partition coefficient (Wildman–Crippen LogP) is 1.73. The maximum Gasteiger partial charge on any atom is 0.187 e. The molecule has 0 saturated heterocycles. The molecule has 1 aromatic heterocycles. The number of tetrazole rings is 1. The number of nitrogen functional groups attached to an aromatic ring is 1. The number of anilines is 1. The summed E-state index contributed by atoms with van der Waals surface area (Å²) in [6.07, 6.45) is 2.50. The Kier molecular flexibility index (Phi) is 3.06. The van der Waals surface area contributed by atoms with Crippen LogP contribution in [0, 0.1) is 5.92 Å². The highest BCUT2D eigenvalue weighted by atomic mass is 16.5. The molecule has 6 heteroatoms. The lowest BCUT2D eigenvalue weighted by molar-refractivity contribution is 0.341. The van der Waals surface area contributed by atoms with Gasteiger partial charge in [0, 0.05) is 12.2 Å². The Morgan fingerprint density at radius 2 is 2.26 bits per heavy atom. The molecule has 1 fully saturated rings. The minimum absolute atomic E-state index is 0.584. The van der Waals surface area contributed by atoms with E-state index in [1.165, 1.54) is 12.8 Å². The van der Waals surface area contributed by atoms with Gasteiger partial charge in [-0.15, -0.1) is 5.10 Å². The van der Waals surface area contributed by atoms with Crippen molar-refractivity contribution < 1.29 is 4.74 Å². The molecule has 1 saturated carbocycles. The van der Waals surface area contributed by atoms with Crippen LogP contribution in [-0.2, 0) is 6.54 Å². The van der Waals surface area contributed by atoms with E-state index in [1.54, 1.807) is 0 Å². The van der Waals surface area contributed by atoms with E-state index in [4.69, 9.17) is 10.5 Å². The van der Waals surface area contributed by atoms with Crippen LogP contribution in [0.1, 0.15) is 19.8 Å². The first-order chi connectivity index (χ1) is 9.29. The van der Waals surface area contributed by atoms with Crippen LogP contribution in [0.15, 0.2) is 18.2 Å². The highest BCUT2D eigenvalue weighted by Gasteiger charge is 2.25. The Bertz CT molecular complexity index is 576. The zero-order valence-electron chi connectivity index (χ0n) is 10.9. The van der Waals surface area contributed by atoms with Crippen molar-refractivity contribution in [3.8, 4) is 17.1 Å². The Hall–Kier alpha value is -2.11. The van der Waals surface area contributed by atoms with Crippen LogP contribution in [-0.4, -0.2) is 26.8 Å². The monoisotopic (exact) mass is 259 g/mol. The largest absolute Gasteiger partial charge is 0.493 e. The molecule has 0 radical (unpaired) electrons. The van der Waals surface area contributed by atoms with E-state index in [9.17, 15) is 0 Å². The molecule has 1 aliphatic carbocycles. The minimum atomic E-state index is 0.584. The summed E-state index contributed by atoms with van der Waals surface area (Å²) < 4.78 is 7.45. The third-order valence-corrected chi connectivity index (χ3v) is 3.24. The molecule has 6 nitrogen and oxygen atoms in total. The highest BCUT2D eigenvalue weighted by Crippen LogP contribution is 2.36. The van der Waals surface area contributed by atoms with Gasteiger partial charge in [0.1, 0.15) is 5.75 Å². The van der Waals surface area contributed by atoms with Crippen LogP contribution in [0.3, 0.4) is 0 Å². The van der Waals surface area contributed by atoms with Crippen LogP contribution < -0.4 is 10.5 Å². The molecular weight excluding hydrogens is 242 g/mol. The second-order valence-corrected chi connectivity index (χ2v) is 4.78. The first-order valence-electron chi connectivity index (χ1n) is 6.57. The van der Waals surface area contributed by atoms with E-state index >= 15 is 0 Å². The molecular formula is C13H17N5O. The molecule has 1 aliphatic rings. The molecule has 19 heavy (non-hydrogen) atoms. The molecule has 0 unspecified atom stereocenters. The van der Waals surface area contributed by atoms with Crippen molar-refractivity contribution in [2.75, 3.05) is 12.3 Å². The van der Waals surface area contributed by atoms with Crippen molar-refractivity contribution >= 4 is 5.69 Å². The average molecular weight is 259 g/mol. The van der Waals surface area contributed by atoms with E-state index in [0.717, 1.165) is 17.9 Å². The van der Waals surface area contributed by atoms with Crippen molar-refractivity contribution in [2.45, 2.75) is 26.3 Å². The van der Waals surface area contributed by atoms with Crippen LogP contribution >= 0.6 is 0 Å². The van der Waals surface area contributed by atoms with Crippen LogP contribution in [0.25, 0.3) is 11.4 Å². The van der Waals surface area contributed by atoms with Gasteiger partial charge in [-0.3, -0.25) is 0 Å². The van der Waals surface area contributed by atoms with Gasteiger partial charge in [-0.2, -0.15) is 0 Å². The summed E-state index contributed by atoms with van der Waals surface area (Å²) in [5, 5.41) is 11.9. The summed E-state index contributed by atoms with van der Waals surface area (Å²) in [5.74, 6) is 2.12. The lowest BCUT2D eigenvalue weighted by Crippen LogP contribution is -2.07. The second kappa shape index (κ2) is 4.87. The van der Waals surface area contributed by atoms with E-state index in [2.05, 4.69) is 15.5 Å². The molecule has 1 aromatic carbocycles. The van der Waals surface area contributed by atoms with Gasteiger partial charge in [0.05, 0.1) is 12.2 Å². The van der Waals surface area contributed by atoms with Gasteiger partial charge in [0.25, 0.3) is 0 Å². The fourth-order valence-corrected chi connectivity index (χ4v) is 2.11. The summed E-state index contributed by atoms with van der Waals surface area (Å²) in [5.41, 5.74) is 7.49. The fourth-order valence-electron chi connectivity index (χ4n) is 2.11. The van der Waals surface area contributed by atoms with Crippen molar-refractivity contribution in [3.63, 3.8) is 0 Å². The number of rotatable bonds is 5. The smallest absolute Gasteiger partial charge is 0.187 e. The molecule has 0 amide bonds. The predicted molar refractivity (Wildman–Crippen MR) is 71.6 cm³/mol. The summed E-state index contributed by atoms with van der Waals surface area (Å²) in [7, 11) is 0. The van der Waals surface area contributed by atoms with E-state index in [1.807, 2.05) is 29.8 Å². The Morgan fingerprint density at radius 3 is 3.00 bits per heavy atom. The third-order valence-electron chi connectivity index (χ3n) is 3.24. The second-order valence-electron chi connectivity index (χ2n) is 4.78. The van der Waals surface area contributed by atoms with E-state index < -0.39 is 0 Å². The highest BCUT2D eigenvalue weighted by molar-refractivity contribution is 5.77. The number of hydrogen-bond acceptors (Lipinski definition) is 5. The zero-order chi connectivity index (χ0) is 13.2. The van der Waals surface area contributed by atoms with Gasteiger partial charge in [-0.1, -0.05) is 6.07 Å². The number of ether oxygens (including phenoxy) is 1. The lowest BCUT2D eigenvalue weighted by atomic mass is 10.1. The Balaban J connectivity index is 2.02. The zero-order valence-corrected chi connectivity index (χ0v) is 10.9. The van der Waals surface area contributed by atoms with Gasteiger partial charge in [0.15, 0.2) is 5.82 Å². The molecule has 0 aliphatic heterocycles. The summed E-state index contributed by atoms with van der Waals surface area (Å²) >= 11 is 0. The number of nitrogens with two attached hydrogens (primary N) is 1. The minimum Gasteiger partial charge on any atom is -0.493 e. The molecule has 1 heterocycles. The Labute approximate surface area is 111 Å². The van der Waals surface area contributed by atoms with Crippen molar-refractivity contribution in [2.24, 2.45) is 5.92 Å². The molecule has 0 bridgehead atoms. The van der Waals surface area contributed by atoms with Gasteiger partial charge in [-0.25, -0.2) is 4.68 Å². The molecule has 0 atom stereocenters. The van der Waals surface area contributed by atoms with Gasteiger partial charge >= 0.3 is 0 Å². The number of nitrogens with zero attached hydrogens (tertiary/aromatic N) is 4. The van der Waals surface area contributed by atoms with Crippen LogP contribution in [0.2, 0.25) is 0 Å². The maximum absolute atomic E-state index is 6.07. The van der Waals surface area contributed by atoms with E-state index in [-0.39, 0.29) is 0 Å². The standard InChI is InChI=1S/C13H17N5O/c1-2-19-11-5-3-4-10(14)12(11)13-15-16-17-18(13)8-9-6-7-9/h3-5,9H,2,6-8,14H2,1H3. The molecule has 2 aromatic rings. The van der Waals surface area contributed by atoms with Crippen molar-refractivity contribution in [3.05, 3.63) is 18.2 Å². The lowest BCUT2D eigenvalue weighted by Gasteiger charge is -2.12. The van der Waals surface area contributed by atoms with Gasteiger partial charge < -0.3 is 10.5 Å². The van der Waals surface area contributed by atoms with E-state index in [0.29, 0.717) is 24.0 Å². The number of aromatic nitrogens is 4. The van der Waals surface area contributed by atoms with Gasteiger partial charge in [0.2, 0.25) is 0 Å². The first-order valence-corrected chi connectivity index (χ1v) is 6.57. The SMILES string of the molecule is CCOc1cccc(N)c1-c1nnnn1CC1CC1. The number of benzene rings is 1. The number of hydrogen-bond donors (Lipinski definition) is 1. The average Bonchev–Trinajstić information content (AvgIpc) is 3.09. The fraction of sp³-hybridized carbons (Fsp3) is 0.462. The molecule has 100 valence electrons. The summed E-state index contributed by atoms with van der Waals surface area (Å²) in [6, 6.07) is 5.61. The quantitative estimate of drug-likeness (QED) is 0.827. The van der Waals surface area contributed by atoms with Crippen LogP contribution in [0.4, 0.5) is 5.69 Å². The summed E-state index contributed by atoms with van der Waals surface area (Å²) in [6.45, 7) is 3.38. The molecule has 3 rings (SSSR count). The topological polar surface area (TPSA) is 78.8 Å². The third kappa shape index (κ3) is 2.38. The first kappa shape index (κ1) is 12.0. The van der Waals surface area contributed by atoms with Crippen LogP contribution in [0.5, 0.6) is 5.75 Å². The molecule has 2 N–H and O–H groups in total.